The maximum Gasteiger partial charge on any atom is 0.427 e. The van der Waals surface area contributed by atoms with E-state index < -0.39 is 92.4 Å². The second-order valence-electron chi connectivity index (χ2n) is 18.1. The maximum atomic E-state index is 15.1. The summed E-state index contributed by atoms with van der Waals surface area (Å²) in [5, 5.41) is -0.664. The lowest BCUT2D eigenvalue weighted by atomic mass is 9.79. The Kier molecular flexibility index (Phi) is 12.1. The summed E-state index contributed by atoms with van der Waals surface area (Å²) in [4.78, 5) is 68.2. The SMILES string of the molecule is CC[C@@H]1C[C@H](C)CC/C=C\[C@@H]2C[C@@]2(C(=O)NS(=O)(=O)C2CC2)CC(=O)[C@@H]2C[C@@H](Oc3nc4cc(OC)ccc4nc3C3CC3)CN2C(=O)[C@H]1CC(=O)OC(C)(C)C(F)(F)F. The predicted molar refractivity (Wildman–Crippen MR) is 213 cm³/mol. The number of aromatic nitrogens is 2. The van der Waals surface area contributed by atoms with Crippen molar-refractivity contribution in [1.29, 1.82) is 0 Å². The summed E-state index contributed by atoms with van der Waals surface area (Å²) >= 11 is 0. The van der Waals surface area contributed by atoms with Crippen LogP contribution in [0.5, 0.6) is 11.6 Å². The number of carbonyl (C=O) groups excluding carboxylic acids is 4. The summed E-state index contributed by atoms with van der Waals surface area (Å²) in [6, 6.07) is 4.14. The number of nitrogens with one attached hydrogen (secondary N) is 1. The van der Waals surface area contributed by atoms with E-state index in [-0.39, 0.29) is 43.5 Å². The molecule has 5 aliphatic rings. The first-order valence-corrected chi connectivity index (χ1v) is 22.7. The number of amides is 2. The van der Waals surface area contributed by atoms with Gasteiger partial charge in [-0.15, -0.1) is 0 Å². The molecule has 60 heavy (non-hydrogen) atoms. The summed E-state index contributed by atoms with van der Waals surface area (Å²) in [7, 11) is -2.40. The molecule has 2 aliphatic heterocycles. The van der Waals surface area contributed by atoms with E-state index in [1.54, 1.807) is 18.2 Å². The predicted octanol–water partition coefficient (Wildman–Crippen LogP) is 6.73. The number of methoxy groups -OCH3 is 1. The Hall–Kier alpha value is -4.28. The van der Waals surface area contributed by atoms with Crippen molar-refractivity contribution >= 4 is 44.6 Å². The second-order valence-corrected chi connectivity index (χ2v) is 20.1. The van der Waals surface area contributed by atoms with Gasteiger partial charge in [0.15, 0.2) is 5.78 Å². The molecular formula is C43H55F3N4O9S. The van der Waals surface area contributed by atoms with E-state index in [2.05, 4.69) is 4.72 Å². The molecule has 4 fully saturated rings. The van der Waals surface area contributed by atoms with Crippen LogP contribution in [0, 0.1) is 29.1 Å². The van der Waals surface area contributed by atoms with Crippen molar-refractivity contribution in [3.8, 4) is 11.6 Å². The quantitative estimate of drug-likeness (QED) is 0.188. The third-order valence-electron chi connectivity index (χ3n) is 13.0. The van der Waals surface area contributed by atoms with Crippen LogP contribution in [-0.2, 0) is 33.9 Å². The molecule has 7 atom stereocenters. The lowest BCUT2D eigenvalue weighted by Crippen LogP contribution is -2.48. The van der Waals surface area contributed by atoms with Crippen LogP contribution in [0.2, 0.25) is 0 Å². The summed E-state index contributed by atoms with van der Waals surface area (Å²) in [6.07, 6.45) is 2.13. The number of nitrogens with zero attached hydrogens (tertiary/aromatic N) is 3. The molecule has 3 saturated carbocycles. The average Bonchev–Trinajstić information content (AvgIpc) is 4.07. The lowest BCUT2D eigenvalue weighted by molar-refractivity contribution is -0.257. The molecule has 2 aromatic rings. The zero-order valence-corrected chi connectivity index (χ0v) is 35.6. The zero-order chi connectivity index (χ0) is 43.4. The Bertz CT molecular complexity index is 2160. The van der Waals surface area contributed by atoms with Crippen molar-refractivity contribution in [2.75, 3.05) is 13.7 Å². The number of Topliss-reactive ketones (excluding diaryl/α,β-unsaturated/α-hetero) is 1. The monoisotopic (exact) mass is 860 g/mol. The average molecular weight is 861 g/mol. The molecular weight excluding hydrogens is 806 g/mol. The lowest BCUT2D eigenvalue weighted by Gasteiger charge is -2.34. The fraction of sp³-hybridized carbons (Fsp3) is 0.674. The van der Waals surface area contributed by atoms with Gasteiger partial charge in [-0.3, -0.25) is 23.9 Å². The number of hydrogen-bond donors (Lipinski definition) is 1. The van der Waals surface area contributed by atoms with Gasteiger partial charge in [0.2, 0.25) is 33.3 Å². The van der Waals surface area contributed by atoms with Crippen LogP contribution in [0.3, 0.4) is 0 Å². The molecule has 0 radical (unpaired) electrons. The zero-order valence-electron chi connectivity index (χ0n) is 34.8. The highest BCUT2D eigenvalue weighted by Gasteiger charge is 2.62. The van der Waals surface area contributed by atoms with Gasteiger partial charge in [-0.05, 0) is 95.1 Å². The van der Waals surface area contributed by atoms with Crippen molar-refractivity contribution in [3.63, 3.8) is 0 Å². The number of esters is 1. The number of benzene rings is 1. The summed E-state index contributed by atoms with van der Waals surface area (Å²) < 4.78 is 86.8. The molecule has 7 rings (SSSR count). The standard InChI is InChI=1S/C43H55F3N4O9S/c1-6-25-17-24(2)9-7-8-10-27-21-42(27,40(54)49-60(55,56)30-14-15-30)22-35(51)34-19-29(23-50(34)39(53)31(25)20-36(52)59-41(3,4)43(44,45)46)58-38-37(26-11-12-26)47-32-16-13-28(57-5)18-33(32)48-38/h8,10,13,16,18,24-27,29-31,34H,6-7,9,11-12,14-15,17,19-23H2,1-5H3,(H,49,54)/b10-8-/t24-,25-,27-,29-,31+,34+,42-/m1/s1. The van der Waals surface area contributed by atoms with E-state index in [1.807, 2.05) is 26.0 Å². The number of carbonyl (C=O) groups is 4. The van der Waals surface area contributed by atoms with Crippen LogP contribution >= 0.6 is 0 Å². The van der Waals surface area contributed by atoms with Crippen molar-refractivity contribution in [3.05, 3.63) is 36.0 Å². The van der Waals surface area contributed by atoms with Gasteiger partial charge in [-0.25, -0.2) is 18.4 Å². The Morgan fingerprint density at radius 2 is 1.77 bits per heavy atom. The number of rotatable bonds is 11. The van der Waals surface area contributed by atoms with E-state index in [0.29, 0.717) is 61.0 Å². The van der Waals surface area contributed by atoms with Gasteiger partial charge in [0, 0.05) is 24.8 Å². The molecule has 2 amide bonds. The van der Waals surface area contributed by atoms with E-state index in [1.165, 1.54) is 12.0 Å². The first-order chi connectivity index (χ1) is 28.2. The number of sulfonamides is 1. The number of ketones is 1. The van der Waals surface area contributed by atoms with Crippen molar-refractivity contribution in [1.82, 2.24) is 19.6 Å². The molecule has 3 aliphatic carbocycles. The van der Waals surface area contributed by atoms with Crippen molar-refractivity contribution in [2.24, 2.45) is 29.1 Å². The first-order valence-electron chi connectivity index (χ1n) is 21.1. The molecule has 1 aromatic carbocycles. The van der Waals surface area contributed by atoms with Crippen molar-refractivity contribution < 1.29 is 55.0 Å². The molecule has 1 N–H and O–H groups in total. The summed E-state index contributed by atoms with van der Waals surface area (Å²) in [5.74, 6) is -4.13. The molecule has 1 saturated heterocycles. The number of ether oxygens (including phenoxy) is 3. The fourth-order valence-electron chi connectivity index (χ4n) is 8.83. The Labute approximate surface area is 348 Å². The van der Waals surface area contributed by atoms with E-state index >= 15 is 4.79 Å². The number of fused-ring (bicyclic) bond motifs is 3. The van der Waals surface area contributed by atoms with Gasteiger partial charge in [0.05, 0.1) is 53.7 Å². The molecule has 13 nitrogen and oxygen atoms in total. The second kappa shape index (κ2) is 16.5. The summed E-state index contributed by atoms with van der Waals surface area (Å²) in [5.41, 5.74) is -2.39. The normalized spacial score (nSPS) is 29.8. The molecule has 17 heteroatoms. The highest BCUT2D eigenvalue weighted by molar-refractivity contribution is 7.90. The number of halogens is 3. The first kappa shape index (κ1) is 43.8. The fourth-order valence-corrected chi connectivity index (χ4v) is 10.2. The van der Waals surface area contributed by atoms with Gasteiger partial charge in [0.25, 0.3) is 0 Å². The van der Waals surface area contributed by atoms with Gasteiger partial charge in [-0.1, -0.05) is 32.4 Å². The van der Waals surface area contributed by atoms with E-state index in [9.17, 15) is 36.0 Å². The van der Waals surface area contributed by atoms with Crippen LogP contribution in [-0.4, -0.2) is 89.7 Å². The Morgan fingerprint density at radius 1 is 1.03 bits per heavy atom. The van der Waals surface area contributed by atoms with Gasteiger partial charge >= 0.3 is 12.1 Å². The van der Waals surface area contributed by atoms with Crippen LogP contribution in [0.4, 0.5) is 13.2 Å². The molecule has 0 bridgehead atoms. The maximum absolute atomic E-state index is 15.1. The molecule has 1 aromatic heterocycles. The largest absolute Gasteiger partial charge is 0.497 e. The van der Waals surface area contributed by atoms with Gasteiger partial charge in [0.1, 0.15) is 17.5 Å². The Morgan fingerprint density at radius 3 is 2.42 bits per heavy atom. The molecule has 328 valence electrons. The molecule has 0 spiro atoms. The molecule has 3 heterocycles. The van der Waals surface area contributed by atoms with Gasteiger partial charge in [-0.2, -0.15) is 13.2 Å². The number of hydrogen-bond acceptors (Lipinski definition) is 11. The minimum atomic E-state index is -4.87. The summed E-state index contributed by atoms with van der Waals surface area (Å²) in [6.45, 7) is 5.24. The van der Waals surface area contributed by atoms with E-state index in [4.69, 9.17) is 24.2 Å². The highest BCUT2D eigenvalue weighted by Crippen LogP contribution is 2.57. The van der Waals surface area contributed by atoms with Crippen LogP contribution in [0.1, 0.15) is 116 Å². The third-order valence-corrected chi connectivity index (χ3v) is 14.9. The number of allylic oxidation sites excluding steroid dienone is 2. The Balaban J connectivity index is 1.25. The van der Waals surface area contributed by atoms with Crippen LogP contribution < -0.4 is 14.2 Å². The smallest absolute Gasteiger partial charge is 0.427 e. The minimum absolute atomic E-state index is 0.0173. The third kappa shape index (κ3) is 9.30. The number of alkyl halides is 3. The van der Waals surface area contributed by atoms with Crippen LogP contribution in [0.15, 0.2) is 30.4 Å². The molecule has 0 unspecified atom stereocenters. The van der Waals surface area contributed by atoms with Crippen LogP contribution in [0.25, 0.3) is 11.0 Å². The van der Waals surface area contributed by atoms with E-state index in [0.717, 1.165) is 26.7 Å². The topological polar surface area (TPSA) is 171 Å². The highest BCUT2D eigenvalue weighted by atomic mass is 32.2. The van der Waals surface area contributed by atoms with Crippen molar-refractivity contribution in [2.45, 2.75) is 140 Å². The van der Waals surface area contributed by atoms with Gasteiger partial charge < -0.3 is 19.1 Å². The minimum Gasteiger partial charge on any atom is -0.497 e.